The molecule has 4 heteroatoms. The smallest absolute Gasteiger partial charge is 1.00 e. The van der Waals surface area contributed by atoms with Crippen LogP contribution in [-0.2, 0) is 19.5 Å². The molecule has 0 aliphatic heterocycles. The van der Waals surface area contributed by atoms with Crippen LogP contribution in [-0.4, -0.2) is 0 Å². The van der Waals surface area contributed by atoms with Crippen molar-refractivity contribution in [2.45, 2.75) is 12.8 Å². The van der Waals surface area contributed by atoms with E-state index >= 15 is 0 Å². The summed E-state index contributed by atoms with van der Waals surface area (Å²) in [6.07, 6.45) is 11.0. The molecule has 0 fully saturated rings. The summed E-state index contributed by atoms with van der Waals surface area (Å²) >= 11 is 0. The molecule has 0 nitrogen and oxygen atoms in total. The van der Waals surface area contributed by atoms with Gasteiger partial charge in [0.05, 0.1) is 0 Å². The molecule has 0 amide bonds. The molecule has 0 N–H and O–H groups in total. The summed E-state index contributed by atoms with van der Waals surface area (Å²) in [5.41, 5.74) is 0. The fraction of sp³-hybridized carbons (Fsp3) is 0.333. The second kappa shape index (κ2) is 16.5. The molecule has 10 heavy (non-hydrogen) atoms. The number of rotatable bonds is 0. The van der Waals surface area contributed by atoms with Crippen LogP contribution in [0.3, 0.4) is 0 Å². The van der Waals surface area contributed by atoms with Crippen LogP contribution in [0.5, 0.6) is 0 Å². The summed E-state index contributed by atoms with van der Waals surface area (Å²) in [6, 6.07) is 0. The van der Waals surface area contributed by atoms with Gasteiger partial charge in [-0.25, -0.2) is 0 Å². The Morgan fingerprint density at radius 3 is 1.10 bits per heavy atom. The van der Waals surface area contributed by atoms with E-state index in [1.54, 1.807) is 0 Å². The Bertz CT molecular complexity index is 79.0. The average Bonchev–Trinajstić information content (AvgIpc) is 1.72. The first-order valence-corrected chi connectivity index (χ1v) is 2.32. The quantitative estimate of drug-likeness (QED) is 0.389. The summed E-state index contributed by atoms with van der Waals surface area (Å²) in [7, 11) is 0. The molecule has 0 bridgehead atoms. The van der Waals surface area contributed by atoms with Crippen LogP contribution in [0, 0.1) is 0 Å². The molecule has 0 aromatic carbocycles. The molecule has 0 radical (unpaired) electrons. The number of halogens is 3. The van der Waals surface area contributed by atoms with E-state index in [9.17, 15) is 0 Å². The summed E-state index contributed by atoms with van der Waals surface area (Å²) in [5.74, 6) is 0. The Morgan fingerprint density at radius 2 is 1.00 bits per heavy atom. The molecular weight excluding hydrogens is 281 g/mol. The van der Waals surface area contributed by atoms with Crippen molar-refractivity contribution in [3.63, 3.8) is 0 Å². The second-order valence-corrected chi connectivity index (χ2v) is 1.43. The van der Waals surface area contributed by atoms with Crippen molar-refractivity contribution >= 4 is 0 Å². The molecule has 0 unspecified atom stereocenters. The molecule has 0 saturated heterocycles. The zero-order valence-electron chi connectivity index (χ0n) is 5.19. The molecule has 0 atom stereocenters. The molecule has 0 saturated carbocycles. The Kier molecular flexibility index (Phi) is 37.1. The van der Waals surface area contributed by atoms with Gasteiger partial charge in [0.2, 0.25) is 0 Å². The Morgan fingerprint density at radius 1 is 0.700 bits per heavy atom. The van der Waals surface area contributed by atoms with Crippen molar-refractivity contribution in [3.8, 4) is 0 Å². The molecule has 1 aliphatic rings. The molecule has 1 rings (SSSR count). The second-order valence-electron chi connectivity index (χ2n) is 1.43. The zero-order valence-corrected chi connectivity index (χ0v) is 9.10. The standard InChI is InChI=1S/C6H8.3ClH.Rh/c1-2-4-6-5-3-1;;;;/h1-4H,5-6H2;3*1H;/q;;;;+3/p-3. The van der Waals surface area contributed by atoms with E-state index in [1.807, 2.05) is 0 Å². The molecule has 0 aromatic heterocycles. The van der Waals surface area contributed by atoms with E-state index in [2.05, 4.69) is 24.3 Å². The minimum atomic E-state index is 0. The third-order valence-electron chi connectivity index (χ3n) is 0.883. The minimum absolute atomic E-state index is 0. The van der Waals surface area contributed by atoms with Crippen LogP contribution in [0.25, 0.3) is 0 Å². The maximum atomic E-state index is 2.18. The maximum absolute atomic E-state index is 2.18. The monoisotopic (exact) mass is 288 g/mol. The number of hydrogen-bond donors (Lipinski definition) is 0. The van der Waals surface area contributed by atoms with Gasteiger partial charge >= 0.3 is 19.5 Å². The Hall–Kier alpha value is 0.973. The van der Waals surface area contributed by atoms with Gasteiger partial charge in [-0.1, -0.05) is 24.3 Å². The van der Waals surface area contributed by atoms with Crippen molar-refractivity contribution in [1.29, 1.82) is 0 Å². The Balaban J connectivity index is -0.0000000450. The van der Waals surface area contributed by atoms with Crippen molar-refractivity contribution in [2.75, 3.05) is 0 Å². The predicted octanol–water partition coefficient (Wildman–Crippen LogP) is -7.10. The third kappa shape index (κ3) is 11.7. The van der Waals surface area contributed by atoms with E-state index in [4.69, 9.17) is 0 Å². The first-order valence-electron chi connectivity index (χ1n) is 2.32. The van der Waals surface area contributed by atoms with Gasteiger partial charge in [0.25, 0.3) is 0 Å². The van der Waals surface area contributed by atoms with Gasteiger partial charge in [-0.3, -0.25) is 0 Å². The van der Waals surface area contributed by atoms with Gasteiger partial charge in [-0.05, 0) is 12.8 Å². The molecule has 62 valence electrons. The summed E-state index contributed by atoms with van der Waals surface area (Å²) < 4.78 is 0. The largest absolute Gasteiger partial charge is 3.00 e. The SMILES string of the molecule is C1=CCCC=C1.[Cl-].[Cl-].[Cl-].[Rh+3]. The Labute approximate surface area is 93.5 Å². The van der Waals surface area contributed by atoms with Gasteiger partial charge in [0.1, 0.15) is 0 Å². The maximum Gasteiger partial charge on any atom is 3.00 e. The van der Waals surface area contributed by atoms with E-state index in [-0.39, 0.29) is 56.7 Å². The van der Waals surface area contributed by atoms with Gasteiger partial charge < -0.3 is 37.2 Å². The van der Waals surface area contributed by atoms with E-state index < -0.39 is 0 Å². The first kappa shape index (κ1) is 22.4. The van der Waals surface area contributed by atoms with Gasteiger partial charge in [-0.15, -0.1) is 0 Å². The normalized spacial score (nSPS) is 11.2. The van der Waals surface area contributed by atoms with E-state index in [0.29, 0.717) is 0 Å². The molecular formula is C6H8Cl3Rh. The van der Waals surface area contributed by atoms with Crippen LogP contribution >= 0.6 is 0 Å². The van der Waals surface area contributed by atoms with E-state index in [1.165, 1.54) is 12.8 Å². The van der Waals surface area contributed by atoms with Crippen molar-refractivity contribution < 1.29 is 56.7 Å². The molecule has 0 aromatic rings. The first-order chi connectivity index (χ1) is 3.00. The fourth-order valence-corrected chi connectivity index (χ4v) is 0.542. The van der Waals surface area contributed by atoms with Crippen LogP contribution in [0.1, 0.15) is 12.8 Å². The van der Waals surface area contributed by atoms with Gasteiger partial charge in [-0.2, -0.15) is 0 Å². The van der Waals surface area contributed by atoms with Crippen molar-refractivity contribution in [1.82, 2.24) is 0 Å². The summed E-state index contributed by atoms with van der Waals surface area (Å²) in [5, 5.41) is 0. The summed E-state index contributed by atoms with van der Waals surface area (Å²) in [6.45, 7) is 0. The van der Waals surface area contributed by atoms with E-state index in [0.717, 1.165) is 0 Å². The molecule has 0 spiro atoms. The third-order valence-corrected chi connectivity index (χ3v) is 0.883. The number of hydrogen-bond acceptors (Lipinski definition) is 0. The molecule has 0 heterocycles. The van der Waals surface area contributed by atoms with Crippen molar-refractivity contribution in [3.05, 3.63) is 24.3 Å². The topological polar surface area (TPSA) is 0 Å². The molecule has 1 aliphatic carbocycles. The predicted molar refractivity (Wildman–Crippen MR) is 27.5 cm³/mol. The van der Waals surface area contributed by atoms with Gasteiger partial charge in [0.15, 0.2) is 0 Å². The van der Waals surface area contributed by atoms with Gasteiger partial charge in [0, 0.05) is 0 Å². The summed E-state index contributed by atoms with van der Waals surface area (Å²) in [4.78, 5) is 0. The van der Waals surface area contributed by atoms with Crippen molar-refractivity contribution in [2.24, 2.45) is 0 Å². The van der Waals surface area contributed by atoms with Crippen LogP contribution in [0.15, 0.2) is 24.3 Å². The van der Waals surface area contributed by atoms with Crippen LogP contribution < -0.4 is 37.2 Å². The number of allylic oxidation sites excluding steroid dienone is 4. The van der Waals surface area contributed by atoms with Crippen LogP contribution in [0.4, 0.5) is 0 Å². The van der Waals surface area contributed by atoms with Crippen LogP contribution in [0.2, 0.25) is 0 Å². The average molecular weight is 289 g/mol. The minimum Gasteiger partial charge on any atom is -1.00 e. The fourth-order valence-electron chi connectivity index (χ4n) is 0.542. The zero-order chi connectivity index (χ0) is 4.24.